The van der Waals surface area contributed by atoms with Crippen LogP contribution in [0.3, 0.4) is 0 Å². The van der Waals surface area contributed by atoms with Crippen LogP contribution in [-0.2, 0) is 66.4 Å². The maximum absolute atomic E-state index is 12.8. The highest BCUT2D eigenvalue weighted by Gasteiger charge is 2.73. The van der Waals surface area contributed by atoms with Crippen LogP contribution in [0.2, 0.25) is 0 Å². The lowest BCUT2D eigenvalue weighted by Gasteiger charge is -2.63. The molecule has 0 aromatic heterocycles. The van der Waals surface area contributed by atoms with Crippen molar-refractivity contribution in [3.63, 3.8) is 0 Å². The second-order valence-electron chi connectivity index (χ2n) is 28.6. The molecule has 1 spiro atoms. The molecule has 7 aliphatic heterocycles. The summed E-state index contributed by atoms with van der Waals surface area (Å²) in [5.74, 6) is -0.483. The first-order valence-electron chi connectivity index (χ1n) is 32.7. The highest BCUT2D eigenvalue weighted by atomic mass is 16.8. The van der Waals surface area contributed by atoms with Crippen molar-refractivity contribution in [2.75, 3.05) is 46.2 Å². The first-order chi connectivity index (χ1) is 44.4. The summed E-state index contributed by atoms with van der Waals surface area (Å²) in [7, 11) is 0. The van der Waals surface area contributed by atoms with E-state index in [2.05, 4.69) is 27.7 Å². The van der Waals surface area contributed by atoms with Gasteiger partial charge >= 0.3 is 5.97 Å². The van der Waals surface area contributed by atoms with E-state index in [4.69, 9.17) is 61.6 Å². The second kappa shape index (κ2) is 28.1. The Labute approximate surface area is 541 Å². The van der Waals surface area contributed by atoms with E-state index in [0.29, 0.717) is 25.7 Å². The number of fused-ring (bicyclic) bond motifs is 5. The van der Waals surface area contributed by atoms with E-state index < -0.39 is 247 Å². The van der Waals surface area contributed by atoms with E-state index in [1.165, 1.54) is 18.1 Å². The van der Waals surface area contributed by atoms with Gasteiger partial charge in [0.25, 0.3) is 0 Å². The van der Waals surface area contributed by atoms with Gasteiger partial charge in [0.05, 0.1) is 64.9 Å². The summed E-state index contributed by atoms with van der Waals surface area (Å²) >= 11 is 0. The Kier molecular flexibility index (Phi) is 21.9. The molecule has 33 heteroatoms. The lowest BCUT2D eigenvalue weighted by Crippen LogP contribution is -2.69. The van der Waals surface area contributed by atoms with E-state index in [1.54, 1.807) is 0 Å². The van der Waals surface area contributed by atoms with Gasteiger partial charge < -0.3 is 159 Å². The Morgan fingerprint density at radius 2 is 0.979 bits per heavy atom. The number of hydrogen-bond donors (Lipinski definition) is 19. The van der Waals surface area contributed by atoms with E-state index in [0.717, 1.165) is 25.7 Å². The van der Waals surface area contributed by atoms with Gasteiger partial charge in [0.15, 0.2) is 37.7 Å². The van der Waals surface area contributed by atoms with Gasteiger partial charge in [0.1, 0.15) is 140 Å². The first-order valence-corrected chi connectivity index (χ1v) is 32.7. The fourth-order valence-electron chi connectivity index (χ4n) is 18.0. The van der Waals surface area contributed by atoms with Gasteiger partial charge in [0.2, 0.25) is 0 Å². The van der Waals surface area contributed by atoms with Gasteiger partial charge in [-0.2, -0.15) is 0 Å². The summed E-state index contributed by atoms with van der Waals surface area (Å²) < 4.78 is 78.8. The molecular formula is C61H98O33. The van der Waals surface area contributed by atoms with Crippen molar-refractivity contribution in [1.29, 1.82) is 0 Å². The Morgan fingerprint density at radius 1 is 0.468 bits per heavy atom. The SMILES string of the molecule is C[C@@H]1O[C@@H](O[C@H]2[C@H](O[C@H]3[C@H](OC[C@H]4O[C@@H](O[C@H]5CC[C@]6(C)C7=C(CC[C@H]6C5(CO)CO)[C@]5(C)CC[C@@]6(OC(=O)C[C@H]6C)[C@@]5(C)CC7)[C@H](O)[C@@H](O)[C@@H]4O)OC[C@H](O)[C@@H]3O)O[C@H](CO)[C@@H](O)[C@@H]2O[C@@H]2O[C@H](CO)[C@@H](O)[C@H](O)[C@H]2O[C@@H]2O[C@H](CO)[C@@H](O)[C@H](O)[C@H]2O)[C@H](O)[C@H](O)[C@H]1O. The highest BCUT2D eigenvalue weighted by molar-refractivity contribution is 5.73. The molecule has 540 valence electrons. The molecule has 36 atom stereocenters. The zero-order valence-electron chi connectivity index (χ0n) is 53.0. The maximum Gasteiger partial charge on any atom is 0.306 e. The molecule has 94 heavy (non-hydrogen) atoms. The largest absolute Gasteiger partial charge is 0.458 e. The third-order valence-corrected chi connectivity index (χ3v) is 23.9. The van der Waals surface area contributed by atoms with Gasteiger partial charge in [-0.15, -0.1) is 0 Å². The Balaban J connectivity index is 0.834. The van der Waals surface area contributed by atoms with Crippen molar-refractivity contribution in [2.45, 2.75) is 282 Å². The summed E-state index contributed by atoms with van der Waals surface area (Å²) in [4.78, 5) is 12.8. The van der Waals surface area contributed by atoms with Crippen LogP contribution in [-0.4, -0.2) is 339 Å². The van der Waals surface area contributed by atoms with E-state index in [-0.39, 0.29) is 35.1 Å². The summed E-state index contributed by atoms with van der Waals surface area (Å²) in [6.07, 6.45) is -51.5. The molecule has 0 aromatic carbocycles. The van der Waals surface area contributed by atoms with Crippen LogP contribution in [0.4, 0.5) is 0 Å². The molecule has 33 nitrogen and oxygen atoms in total. The molecule has 0 unspecified atom stereocenters. The zero-order chi connectivity index (χ0) is 68.2. The maximum atomic E-state index is 12.8. The molecule has 2 saturated carbocycles. The quantitative estimate of drug-likeness (QED) is 0.0448. The second-order valence-corrected chi connectivity index (χ2v) is 28.6. The first kappa shape index (κ1) is 73.2. The van der Waals surface area contributed by atoms with Crippen LogP contribution < -0.4 is 0 Å². The number of carbonyl (C=O) groups is 1. The predicted octanol–water partition coefficient (Wildman–Crippen LogP) is -7.64. The number of hydrogen-bond acceptors (Lipinski definition) is 33. The molecule has 4 aliphatic carbocycles. The monoisotopic (exact) mass is 1360 g/mol. The van der Waals surface area contributed by atoms with Gasteiger partial charge in [-0.25, -0.2) is 0 Å². The summed E-state index contributed by atoms with van der Waals surface area (Å²) in [6, 6.07) is 0. The van der Waals surface area contributed by atoms with Crippen molar-refractivity contribution in [3.05, 3.63) is 11.1 Å². The Hall–Kier alpha value is -2.03. The fraction of sp³-hybridized carbons (Fsp3) is 0.951. The van der Waals surface area contributed by atoms with Crippen molar-refractivity contribution in [2.24, 2.45) is 33.5 Å². The van der Waals surface area contributed by atoms with E-state index in [9.17, 15) is 102 Å². The molecule has 19 N–H and O–H groups in total. The molecule has 9 fully saturated rings. The molecule has 0 amide bonds. The summed E-state index contributed by atoms with van der Waals surface area (Å²) in [5, 5.41) is 211. The van der Waals surface area contributed by atoms with Crippen molar-refractivity contribution in [1.82, 2.24) is 0 Å². The average Bonchev–Trinajstić information content (AvgIpc) is 1.43. The molecule has 11 aliphatic rings. The van der Waals surface area contributed by atoms with Gasteiger partial charge in [-0.3, -0.25) is 4.79 Å². The van der Waals surface area contributed by atoms with Crippen LogP contribution in [0.5, 0.6) is 0 Å². The van der Waals surface area contributed by atoms with E-state index in [1.807, 2.05) is 0 Å². The molecule has 0 radical (unpaired) electrons. The molecule has 11 rings (SSSR count). The van der Waals surface area contributed by atoms with Crippen LogP contribution in [0.1, 0.15) is 92.4 Å². The highest BCUT2D eigenvalue weighted by Crippen LogP contribution is 2.75. The minimum Gasteiger partial charge on any atom is -0.458 e. The lowest BCUT2D eigenvalue weighted by molar-refractivity contribution is -0.414. The predicted molar refractivity (Wildman–Crippen MR) is 305 cm³/mol. The van der Waals surface area contributed by atoms with Gasteiger partial charge in [0, 0.05) is 16.7 Å². The number of ether oxygens (including phenoxy) is 13. The fourth-order valence-corrected chi connectivity index (χ4v) is 18.0. The normalized spacial score (nSPS) is 53.7. The van der Waals surface area contributed by atoms with Crippen molar-refractivity contribution < 1.29 is 163 Å². The Bertz CT molecular complexity index is 2620. The van der Waals surface area contributed by atoms with Crippen LogP contribution in [0.25, 0.3) is 0 Å². The lowest BCUT2D eigenvalue weighted by atomic mass is 9.42. The number of aliphatic hydroxyl groups excluding tert-OH is 19. The third kappa shape index (κ3) is 12.1. The van der Waals surface area contributed by atoms with Crippen LogP contribution >= 0.6 is 0 Å². The zero-order valence-corrected chi connectivity index (χ0v) is 53.0. The average molecular weight is 1360 g/mol. The number of allylic oxidation sites excluding steroid dienone is 2. The van der Waals surface area contributed by atoms with E-state index >= 15 is 0 Å². The number of carbonyl (C=O) groups excluding carboxylic acids is 1. The molecule has 7 saturated heterocycles. The summed E-state index contributed by atoms with van der Waals surface area (Å²) in [5.41, 5.74) is -0.457. The van der Waals surface area contributed by atoms with Crippen molar-refractivity contribution in [3.8, 4) is 0 Å². The number of rotatable bonds is 18. The molecule has 7 heterocycles. The number of aliphatic hydroxyl groups is 19. The molecule has 0 bridgehead atoms. The third-order valence-electron chi connectivity index (χ3n) is 23.9. The Morgan fingerprint density at radius 3 is 1.59 bits per heavy atom. The minimum atomic E-state index is -2.17. The minimum absolute atomic E-state index is 0.0483. The number of esters is 1. The molecular weight excluding hydrogens is 1260 g/mol. The van der Waals surface area contributed by atoms with Crippen LogP contribution in [0.15, 0.2) is 11.1 Å². The van der Waals surface area contributed by atoms with Crippen molar-refractivity contribution >= 4 is 5.97 Å². The van der Waals surface area contributed by atoms with Crippen LogP contribution in [0, 0.1) is 33.5 Å². The topological polar surface area (TPSA) is 521 Å². The standard InChI is InChI=1S/C61H98O33/c1-22-14-33(68)94-61(22)13-12-58(4)25-6-7-31-57(3,24(25)8-11-59(58,61)5)10-9-32(60(31,20-65)21-66)89-52-45(80)42(77)38(73)30(88-52)19-83-54-48(35(70)26(67)18-82-54)92-56-50(93-51-44(79)40(75)34(69)23(2)84-51)47(39(74)29(17-64)87-56)90-55-49(43(78)37(72)28(16-63)86-55)91-53-46(81)41(76)36(71)27(15-62)85-53/h22-23,26-32,34-56,62-67,69-81H,6-21H2,1-5H3/t22-,23+,26+,27-,28-,29-,30-,31-,32+,34+,35+,36-,37-,38-,39-,40-,41+,42+,43+,44-,45-,46-,47+,48-,49-,50-,51+,52+,53+,54+,55+,56+,57-,58+,59+,61+/m1/s1. The van der Waals surface area contributed by atoms with Gasteiger partial charge in [-0.05, 0) is 75.0 Å². The molecule has 0 aromatic rings. The van der Waals surface area contributed by atoms with Gasteiger partial charge in [-0.1, -0.05) is 38.8 Å². The summed E-state index contributed by atoms with van der Waals surface area (Å²) in [6.45, 7) is 4.62. The smallest absolute Gasteiger partial charge is 0.306 e.